The van der Waals surface area contributed by atoms with Crippen LogP contribution in [0.15, 0.2) is 293 Å². The molecule has 8 aromatic carbocycles. The Hall–Kier alpha value is -7.51. The largest absolute Gasteiger partial charge is 0.0622 e. The van der Waals surface area contributed by atoms with E-state index in [1.165, 1.54) is 46.0 Å². The Morgan fingerprint density at radius 3 is 1.13 bits per heavy atom. The molecule has 0 bridgehead atoms. The SMILES string of the molecule is C=Cc1cnc2ccc(CCl)cc2c1.C=Cc1cnc2ccc(Cc3cc(C(=O)OC)ccn3)cc2c1.COC(=O)c1ccn[c]([Sn]([CH3])([CH3])[CH3])c1.[Cl][Pd][Cl].c1ccc(P(c2ccccc2)c2ccccc2)cc1.c1ccc(P(c2ccccc2)c2ccccc2)cc1. The van der Waals surface area contributed by atoms with Gasteiger partial charge in [-0.3, -0.25) is 15.0 Å². The summed E-state index contributed by atoms with van der Waals surface area (Å²) in [5.74, 6) is -0.106. The molecule has 0 spiro atoms. The first-order valence-corrected chi connectivity index (χ1v) is 46.4. The fourth-order valence-corrected chi connectivity index (χ4v) is 17.1. The van der Waals surface area contributed by atoms with Gasteiger partial charge in [-0.25, -0.2) is 4.79 Å². The van der Waals surface area contributed by atoms with Gasteiger partial charge >= 0.3 is 129 Å². The first-order chi connectivity index (χ1) is 44.8. The van der Waals surface area contributed by atoms with Crippen LogP contribution in [0.1, 0.15) is 48.7 Å². The molecular formula is C77H71Cl3N4O4P2PdSn. The molecule has 0 saturated carbocycles. The Morgan fingerprint density at radius 1 is 0.457 bits per heavy atom. The first kappa shape index (κ1) is 71.9. The number of ether oxygens (including phenoxy) is 2. The number of rotatable bonds is 14. The third kappa shape index (κ3) is 22.4. The molecular weight excluding hydrogens is 1440 g/mol. The van der Waals surface area contributed by atoms with E-state index >= 15 is 0 Å². The van der Waals surface area contributed by atoms with Gasteiger partial charge in [-0.15, -0.1) is 11.6 Å². The van der Waals surface area contributed by atoms with E-state index in [0.29, 0.717) is 23.4 Å². The second-order valence-electron chi connectivity index (χ2n) is 21.2. The van der Waals surface area contributed by atoms with Crippen molar-refractivity contribution in [2.75, 3.05) is 14.2 Å². The third-order valence-corrected chi connectivity index (χ3v) is 24.2. The standard InChI is InChI=1S/C19H16N2O2.2C18H15P.C12H10ClN.C7H6NO2.3CH3.2ClH.Pd.Sn/c1-3-13-8-16-9-14(4-5-18(16)21-12-13)10-17-11-15(6-7-20-17)19(22)23-2;2*1-4-10-16(11-5-1)19(17-12-6-2-7-13-17)18-14-8-3-9-15-18;1-2-9-5-11-6-10(7-13)3-4-12(11)14-8-9;1-10-7(9)6-2-4-8-5-3-6;;;;;;;/h3-9,11-12H,1,10H2,2H3;2*1-15H;2-6,8H,1,7H2;2-4H,1H3;3*1H3;2*1H;;/q;;;;;;;;;;+2;/p-2. The molecule has 4 heterocycles. The summed E-state index contributed by atoms with van der Waals surface area (Å²) in [4.78, 5) is 47.0. The molecule has 0 radical (unpaired) electrons. The fourth-order valence-electron chi connectivity index (χ4n) is 9.28. The zero-order chi connectivity index (χ0) is 65.5. The van der Waals surface area contributed by atoms with Gasteiger partial charge in [0.1, 0.15) is 0 Å². The Labute approximate surface area is 569 Å². The zero-order valence-electron chi connectivity index (χ0n) is 51.8. The maximum absolute atomic E-state index is 11.6. The Morgan fingerprint density at radius 2 is 0.793 bits per heavy atom. The molecule has 12 aromatic rings. The predicted molar refractivity (Wildman–Crippen MR) is 392 cm³/mol. The van der Waals surface area contributed by atoms with E-state index in [-0.39, 0.29) is 27.9 Å². The number of alkyl halides is 1. The summed E-state index contributed by atoms with van der Waals surface area (Å²) in [6, 6.07) is 87.9. The van der Waals surface area contributed by atoms with Crippen molar-refractivity contribution in [3.63, 3.8) is 0 Å². The number of esters is 2. The Bertz CT molecular complexity index is 3940. The molecule has 12 rings (SSSR count). The van der Waals surface area contributed by atoms with Crippen LogP contribution in [0.4, 0.5) is 0 Å². The zero-order valence-corrected chi connectivity index (χ0v) is 60.3. The summed E-state index contributed by atoms with van der Waals surface area (Å²) < 4.78 is 10.5. The monoisotopic (exact) mass is 1510 g/mol. The van der Waals surface area contributed by atoms with Crippen molar-refractivity contribution in [1.82, 2.24) is 19.9 Å². The van der Waals surface area contributed by atoms with Crippen LogP contribution in [-0.2, 0) is 37.7 Å². The number of hydrogen-bond acceptors (Lipinski definition) is 8. The fraction of sp³-hybridized carbons (Fsp3) is 0.0909. The average molecular weight is 1510 g/mol. The van der Waals surface area contributed by atoms with Crippen LogP contribution in [0.5, 0.6) is 0 Å². The molecule has 0 aliphatic carbocycles. The molecule has 0 N–H and O–H groups in total. The number of nitrogens with zero attached hydrogens (tertiary/aromatic N) is 4. The van der Waals surface area contributed by atoms with Crippen molar-refractivity contribution in [3.8, 4) is 0 Å². The number of fused-ring (bicyclic) bond motifs is 2. The van der Waals surface area contributed by atoms with Gasteiger partial charge in [-0.1, -0.05) is 219 Å². The van der Waals surface area contributed by atoms with E-state index in [2.05, 4.69) is 259 Å². The number of aromatic nitrogens is 4. The summed E-state index contributed by atoms with van der Waals surface area (Å²) in [7, 11) is 11.5. The summed E-state index contributed by atoms with van der Waals surface area (Å²) in [5, 5.41) is 10.6. The number of pyridine rings is 4. The quantitative estimate of drug-likeness (QED) is 0.0459. The van der Waals surface area contributed by atoms with Crippen molar-refractivity contribution in [2.45, 2.75) is 27.1 Å². The van der Waals surface area contributed by atoms with Gasteiger partial charge in [0.25, 0.3) is 0 Å². The molecule has 92 heavy (non-hydrogen) atoms. The van der Waals surface area contributed by atoms with Crippen molar-refractivity contribution in [2.24, 2.45) is 0 Å². The number of benzene rings is 8. The molecule has 4 aromatic heterocycles. The third-order valence-electron chi connectivity index (χ3n) is 13.8. The van der Waals surface area contributed by atoms with Gasteiger partial charge in [0.15, 0.2) is 0 Å². The average Bonchev–Trinajstić information content (AvgIpc) is 1.26. The maximum Gasteiger partial charge on any atom is -0.0134 e. The minimum atomic E-state index is -2.15. The van der Waals surface area contributed by atoms with Crippen molar-refractivity contribution in [1.29, 1.82) is 0 Å². The minimum Gasteiger partial charge on any atom is -0.0622 e. The van der Waals surface area contributed by atoms with E-state index in [1.54, 1.807) is 48.9 Å². The van der Waals surface area contributed by atoms with E-state index < -0.39 is 34.2 Å². The molecule has 0 aliphatic rings. The normalized spacial score (nSPS) is 10.5. The maximum atomic E-state index is 11.6. The molecule has 0 aliphatic heterocycles. The molecule has 0 atom stereocenters. The van der Waals surface area contributed by atoms with E-state index in [4.69, 9.17) is 35.4 Å². The molecule has 8 nitrogen and oxygen atoms in total. The Kier molecular flexibility index (Phi) is 30.1. The Balaban J connectivity index is 0.000000163. The van der Waals surface area contributed by atoms with Crippen LogP contribution in [0.2, 0.25) is 14.8 Å². The van der Waals surface area contributed by atoms with E-state index in [9.17, 15) is 9.59 Å². The van der Waals surface area contributed by atoms with Gasteiger partial charge in [0.2, 0.25) is 0 Å². The van der Waals surface area contributed by atoms with Crippen LogP contribution in [0.3, 0.4) is 0 Å². The number of hydrogen-bond donors (Lipinski definition) is 0. The molecule has 15 heteroatoms. The molecule has 468 valence electrons. The second-order valence-corrected chi connectivity index (χ2v) is 42.6. The predicted octanol–water partition coefficient (Wildman–Crippen LogP) is 16.9. The van der Waals surface area contributed by atoms with Gasteiger partial charge in [-0.05, 0) is 118 Å². The van der Waals surface area contributed by atoms with Crippen LogP contribution in [0, 0.1) is 0 Å². The summed E-state index contributed by atoms with van der Waals surface area (Å²) >= 11 is 3.50. The number of carbonyl (C=O) groups excluding carboxylic acids is 2. The number of halogens is 3. The van der Waals surface area contributed by atoms with E-state index in [0.717, 1.165) is 53.5 Å². The van der Waals surface area contributed by atoms with Gasteiger partial charge in [0.05, 0.1) is 23.7 Å². The molecule has 0 amide bonds. The van der Waals surface area contributed by atoms with Crippen molar-refractivity contribution in [3.05, 3.63) is 332 Å². The van der Waals surface area contributed by atoms with Crippen LogP contribution in [-0.4, -0.2) is 64.5 Å². The van der Waals surface area contributed by atoms with Crippen molar-refractivity contribution < 1.29 is 35.0 Å². The smallest absolute Gasteiger partial charge is 0.0134 e. The topological polar surface area (TPSA) is 104 Å². The molecule has 0 unspecified atom stereocenters. The molecule has 0 saturated heterocycles. The summed E-state index contributed by atoms with van der Waals surface area (Å²) in [6.45, 7) is 7.48. The van der Waals surface area contributed by atoms with E-state index in [1.807, 2.05) is 36.5 Å². The summed E-state index contributed by atoms with van der Waals surface area (Å²) in [6.07, 6.45) is 11.1. The number of carbonyl (C=O) groups is 2. The van der Waals surface area contributed by atoms with Gasteiger partial charge in [-0.2, -0.15) is 0 Å². The van der Waals surface area contributed by atoms with Crippen LogP contribution < -0.4 is 35.5 Å². The first-order valence-electron chi connectivity index (χ1n) is 29.2. The second kappa shape index (κ2) is 38.5. The van der Waals surface area contributed by atoms with Gasteiger partial charge < -0.3 is 4.74 Å². The van der Waals surface area contributed by atoms with Crippen LogP contribution in [0.25, 0.3) is 34.0 Å². The number of methoxy groups -OCH3 is 2. The van der Waals surface area contributed by atoms with Gasteiger partial charge in [0, 0.05) is 47.4 Å². The minimum absolute atomic E-state index is 0.106. The molecule has 0 fully saturated rings. The van der Waals surface area contributed by atoms with Crippen LogP contribution >= 0.6 is 46.5 Å². The summed E-state index contributed by atoms with van der Waals surface area (Å²) in [5.41, 5.74) is 8.10. The van der Waals surface area contributed by atoms with Crippen molar-refractivity contribution >= 4 is 146 Å².